The molecule has 0 fully saturated rings. The lowest BCUT2D eigenvalue weighted by Crippen LogP contribution is -2.20. The number of nitrogens with one attached hydrogen (secondary N) is 1. The molecule has 0 radical (unpaired) electrons. The van der Waals surface area contributed by atoms with Gasteiger partial charge < -0.3 is 14.8 Å². The summed E-state index contributed by atoms with van der Waals surface area (Å²) in [6.45, 7) is 0. The number of anilines is 1. The molecule has 1 aromatic carbocycles. The Morgan fingerprint density at radius 2 is 1.95 bits per heavy atom. The Morgan fingerprint density at radius 3 is 2.52 bits per heavy atom. The molecule has 21 heavy (non-hydrogen) atoms. The maximum Gasteiger partial charge on any atom is 0.230 e. The zero-order chi connectivity index (χ0) is 15.4. The Kier molecular flexibility index (Phi) is 4.85. The molecule has 1 aromatic heterocycles. The van der Waals surface area contributed by atoms with E-state index in [1.165, 1.54) is 11.8 Å². The summed E-state index contributed by atoms with van der Waals surface area (Å²) in [6, 6.07) is 8.13. The van der Waals surface area contributed by atoms with Crippen LogP contribution in [0.3, 0.4) is 0 Å². The van der Waals surface area contributed by atoms with Gasteiger partial charge in [-0.25, -0.2) is 0 Å². The molecular formula is C14H19N5OS. The highest BCUT2D eigenvalue weighted by atomic mass is 32.2. The molecule has 0 aliphatic carbocycles. The summed E-state index contributed by atoms with van der Waals surface area (Å²) in [7, 11) is 7.54. The lowest BCUT2D eigenvalue weighted by atomic mass is 10.2. The minimum absolute atomic E-state index is 0.0279. The Morgan fingerprint density at radius 1 is 1.29 bits per heavy atom. The monoisotopic (exact) mass is 305 g/mol. The van der Waals surface area contributed by atoms with Gasteiger partial charge >= 0.3 is 0 Å². The van der Waals surface area contributed by atoms with Crippen LogP contribution in [-0.4, -0.2) is 47.6 Å². The lowest BCUT2D eigenvalue weighted by molar-refractivity contribution is -0.118. The number of amides is 1. The molecular weight excluding hydrogens is 286 g/mol. The minimum atomic E-state index is -0.0279. The van der Waals surface area contributed by atoms with Gasteiger partial charge in [0.1, 0.15) is 0 Å². The van der Waals surface area contributed by atoms with E-state index in [1.54, 1.807) is 7.05 Å². The van der Waals surface area contributed by atoms with Crippen molar-refractivity contribution in [1.29, 1.82) is 0 Å². The molecule has 6 nitrogen and oxygen atoms in total. The van der Waals surface area contributed by atoms with Gasteiger partial charge in [0, 0.05) is 39.4 Å². The number of hydrogen-bond acceptors (Lipinski definition) is 5. The summed E-state index contributed by atoms with van der Waals surface area (Å²) in [4.78, 5) is 13.3. The van der Waals surface area contributed by atoms with Gasteiger partial charge in [-0.2, -0.15) is 0 Å². The number of nitrogens with zero attached hydrogens (tertiary/aromatic N) is 4. The predicted octanol–water partition coefficient (Wildman–Crippen LogP) is 1.39. The Hall–Kier alpha value is -2.02. The third-order valence-corrected chi connectivity index (χ3v) is 4.11. The summed E-state index contributed by atoms with van der Waals surface area (Å²) in [6.07, 6.45) is 0. The van der Waals surface area contributed by atoms with E-state index in [2.05, 4.69) is 15.5 Å². The molecule has 7 heteroatoms. The van der Waals surface area contributed by atoms with Gasteiger partial charge in [-0.3, -0.25) is 4.79 Å². The highest BCUT2D eigenvalue weighted by Crippen LogP contribution is 2.24. The number of hydrogen-bond donors (Lipinski definition) is 1. The van der Waals surface area contributed by atoms with E-state index in [0.29, 0.717) is 5.75 Å². The molecule has 1 heterocycles. The summed E-state index contributed by atoms with van der Waals surface area (Å²) in [5.41, 5.74) is 2.14. The van der Waals surface area contributed by atoms with Crippen molar-refractivity contribution in [1.82, 2.24) is 20.1 Å². The van der Waals surface area contributed by atoms with E-state index in [-0.39, 0.29) is 5.91 Å². The zero-order valence-corrected chi connectivity index (χ0v) is 13.4. The van der Waals surface area contributed by atoms with E-state index in [9.17, 15) is 4.79 Å². The summed E-state index contributed by atoms with van der Waals surface area (Å²) >= 11 is 1.37. The van der Waals surface area contributed by atoms with E-state index in [1.807, 2.05) is 54.9 Å². The topological polar surface area (TPSA) is 63.1 Å². The van der Waals surface area contributed by atoms with Gasteiger partial charge in [0.05, 0.1) is 5.75 Å². The van der Waals surface area contributed by atoms with E-state index >= 15 is 0 Å². The van der Waals surface area contributed by atoms with Crippen LogP contribution in [0.1, 0.15) is 0 Å². The van der Waals surface area contributed by atoms with Gasteiger partial charge in [-0.05, 0) is 24.3 Å². The van der Waals surface area contributed by atoms with Crippen LogP contribution in [0, 0.1) is 0 Å². The van der Waals surface area contributed by atoms with Gasteiger partial charge in [0.25, 0.3) is 0 Å². The molecule has 0 unspecified atom stereocenters. The largest absolute Gasteiger partial charge is 0.378 e. The van der Waals surface area contributed by atoms with Crippen LogP contribution in [0.4, 0.5) is 5.69 Å². The van der Waals surface area contributed by atoms with E-state index in [4.69, 9.17) is 0 Å². The molecule has 0 aliphatic rings. The van der Waals surface area contributed by atoms with Crippen LogP contribution >= 0.6 is 11.8 Å². The zero-order valence-electron chi connectivity index (χ0n) is 12.6. The molecule has 0 bridgehead atoms. The molecule has 2 rings (SSSR count). The first-order chi connectivity index (χ1) is 10.0. The molecule has 1 amide bonds. The maximum atomic E-state index is 11.3. The highest BCUT2D eigenvalue weighted by molar-refractivity contribution is 7.99. The van der Waals surface area contributed by atoms with Gasteiger partial charge in [-0.1, -0.05) is 11.8 Å². The van der Waals surface area contributed by atoms with Crippen molar-refractivity contribution < 1.29 is 4.79 Å². The smallest absolute Gasteiger partial charge is 0.230 e. The maximum absolute atomic E-state index is 11.3. The van der Waals surface area contributed by atoms with Crippen molar-refractivity contribution in [2.75, 3.05) is 31.8 Å². The van der Waals surface area contributed by atoms with Crippen LogP contribution in [-0.2, 0) is 11.8 Å². The normalized spacial score (nSPS) is 10.5. The second-order valence-corrected chi connectivity index (χ2v) is 5.71. The van der Waals surface area contributed by atoms with Crippen molar-refractivity contribution in [2.24, 2.45) is 7.05 Å². The summed E-state index contributed by atoms with van der Waals surface area (Å²) in [5.74, 6) is 1.10. The van der Waals surface area contributed by atoms with Gasteiger partial charge in [-0.15, -0.1) is 10.2 Å². The third-order valence-electron chi connectivity index (χ3n) is 3.09. The number of aromatic nitrogens is 3. The van der Waals surface area contributed by atoms with Crippen LogP contribution < -0.4 is 10.2 Å². The average Bonchev–Trinajstić information content (AvgIpc) is 2.86. The highest BCUT2D eigenvalue weighted by Gasteiger charge is 2.12. The fourth-order valence-corrected chi connectivity index (χ4v) is 2.59. The van der Waals surface area contributed by atoms with E-state index in [0.717, 1.165) is 22.2 Å². The van der Waals surface area contributed by atoms with Crippen molar-refractivity contribution in [2.45, 2.75) is 5.16 Å². The standard InChI is InChI=1S/C14H19N5OS/c1-15-12(20)9-21-14-17-16-13(19(14)4)10-5-7-11(8-6-10)18(2)3/h5-8H,9H2,1-4H3,(H,15,20). The Labute approximate surface area is 128 Å². The number of thioether (sulfide) groups is 1. The quantitative estimate of drug-likeness (QED) is 0.846. The second kappa shape index (κ2) is 6.62. The number of rotatable bonds is 5. The summed E-state index contributed by atoms with van der Waals surface area (Å²) in [5, 5.41) is 11.7. The lowest BCUT2D eigenvalue weighted by Gasteiger charge is -2.12. The molecule has 1 N–H and O–H groups in total. The minimum Gasteiger partial charge on any atom is -0.378 e. The third kappa shape index (κ3) is 3.55. The van der Waals surface area contributed by atoms with Crippen molar-refractivity contribution in [3.63, 3.8) is 0 Å². The first kappa shape index (κ1) is 15.4. The average molecular weight is 305 g/mol. The summed E-state index contributed by atoms with van der Waals surface area (Å²) < 4.78 is 1.90. The first-order valence-corrected chi connectivity index (χ1v) is 7.52. The van der Waals surface area contributed by atoms with Crippen LogP contribution in [0.5, 0.6) is 0 Å². The molecule has 2 aromatic rings. The van der Waals surface area contributed by atoms with Crippen LogP contribution in [0.25, 0.3) is 11.4 Å². The number of benzene rings is 1. The molecule has 112 valence electrons. The van der Waals surface area contributed by atoms with Crippen LogP contribution in [0.15, 0.2) is 29.4 Å². The van der Waals surface area contributed by atoms with Gasteiger partial charge in [0.2, 0.25) is 5.91 Å². The molecule has 0 spiro atoms. The fourth-order valence-electron chi connectivity index (χ4n) is 1.80. The fraction of sp³-hybridized carbons (Fsp3) is 0.357. The molecule has 0 saturated heterocycles. The molecule has 0 aliphatic heterocycles. The number of carbonyl (C=O) groups is 1. The molecule has 0 saturated carbocycles. The van der Waals surface area contributed by atoms with Crippen molar-refractivity contribution in [3.8, 4) is 11.4 Å². The second-order valence-electron chi connectivity index (χ2n) is 4.77. The van der Waals surface area contributed by atoms with Crippen molar-refractivity contribution in [3.05, 3.63) is 24.3 Å². The Balaban J connectivity index is 2.17. The predicted molar refractivity (Wildman–Crippen MR) is 85.6 cm³/mol. The van der Waals surface area contributed by atoms with Gasteiger partial charge in [0.15, 0.2) is 11.0 Å². The SMILES string of the molecule is CNC(=O)CSc1nnc(-c2ccc(N(C)C)cc2)n1C. The molecule has 0 atom stereocenters. The number of carbonyl (C=O) groups excluding carboxylic acids is 1. The van der Waals surface area contributed by atoms with E-state index < -0.39 is 0 Å². The Bertz CT molecular complexity index is 621. The first-order valence-electron chi connectivity index (χ1n) is 6.53. The van der Waals surface area contributed by atoms with Crippen molar-refractivity contribution >= 4 is 23.4 Å². The van der Waals surface area contributed by atoms with Crippen LogP contribution in [0.2, 0.25) is 0 Å².